The zero-order valence-corrected chi connectivity index (χ0v) is 13.5. The van der Waals surface area contributed by atoms with Crippen LogP contribution in [-0.2, 0) is 6.42 Å². The Morgan fingerprint density at radius 3 is 2.43 bits per heavy atom. The first-order chi connectivity index (χ1) is 10.2. The van der Waals surface area contributed by atoms with Crippen molar-refractivity contribution in [1.29, 1.82) is 5.26 Å². The zero-order chi connectivity index (χ0) is 14.7. The van der Waals surface area contributed by atoms with Gasteiger partial charge in [0.2, 0.25) is 0 Å². The summed E-state index contributed by atoms with van der Waals surface area (Å²) in [6.07, 6.45) is 0.841. The van der Waals surface area contributed by atoms with Gasteiger partial charge in [0.25, 0.3) is 0 Å². The van der Waals surface area contributed by atoms with Crippen molar-refractivity contribution in [3.05, 3.63) is 74.5 Å². The summed E-state index contributed by atoms with van der Waals surface area (Å²) in [7, 11) is 0. The van der Waals surface area contributed by atoms with Gasteiger partial charge in [-0.1, -0.05) is 40.2 Å². The van der Waals surface area contributed by atoms with Gasteiger partial charge in [0.1, 0.15) is 0 Å². The van der Waals surface area contributed by atoms with E-state index in [0.717, 1.165) is 27.2 Å². The van der Waals surface area contributed by atoms with E-state index in [1.807, 2.05) is 36.4 Å². The first kappa shape index (κ1) is 14.0. The maximum absolute atomic E-state index is 8.82. The molecule has 102 valence electrons. The molecule has 0 N–H and O–H groups in total. The van der Waals surface area contributed by atoms with Crippen molar-refractivity contribution in [2.75, 3.05) is 0 Å². The summed E-state index contributed by atoms with van der Waals surface area (Å²) in [6, 6.07) is 18.0. The minimum Gasteiger partial charge on any atom is -0.241 e. The van der Waals surface area contributed by atoms with Gasteiger partial charge in [-0.3, -0.25) is 0 Å². The number of rotatable bonds is 3. The monoisotopic (exact) mass is 354 g/mol. The van der Waals surface area contributed by atoms with Gasteiger partial charge in [-0.25, -0.2) is 4.98 Å². The normalized spacial score (nSPS) is 10.3. The summed E-state index contributed by atoms with van der Waals surface area (Å²) in [5.41, 5.74) is 3.94. The van der Waals surface area contributed by atoms with Crippen LogP contribution in [0, 0.1) is 11.3 Å². The van der Waals surface area contributed by atoms with E-state index < -0.39 is 0 Å². The Labute approximate surface area is 135 Å². The molecule has 0 amide bonds. The van der Waals surface area contributed by atoms with Crippen molar-refractivity contribution in [3.63, 3.8) is 0 Å². The fourth-order valence-corrected chi connectivity index (χ4v) is 3.12. The van der Waals surface area contributed by atoms with Crippen molar-refractivity contribution in [2.45, 2.75) is 6.42 Å². The molecule has 2 aromatic carbocycles. The largest absolute Gasteiger partial charge is 0.241 e. The van der Waals surface area contributed by atoms with Gasteiger partial charge in [0.15, 0.2) is 0 Å². The highest BCUT2D eigenvalue weighted by Gasteiger charge is 2.05. The molecular formula is C17H11BrN2S. The Kier molecular flexibility index (Phi) is 4.14. The van der Waals surface area contributed by atoms with E-state index in [0.29, 0.717) is 5.56 Å². The van der Waals surface area contributed by atoms with Gasteiger partial charge in [-0.15, -0.1) is 11.3 Å². The van der Waals surface area contributed by atoms with Crippen LogP contribution in [0.3, 0.4) is 0 Å². The Bertz CT molecular complexity index is 783. The van der Waals surface area contributed by atoms with Crippen LogP contribution in [0.2, 0.25) is 0 Å². The third kappa shape index (κ3) is 3.38. The summed E-state index contributed by atoms with van der Waals surface area (Å²) in [5.74, 6) is 0. The quantitative estimate of drug-likeness (QED) is 0.660. The van der Waals surface area contributed by atoms with Crippen molar-refractivity contribution in [2.24, 2.45) is 0 Å². The predicted octanol–water partition coefficient (Wildman–Crippen LogP) is 5.04. The van der Waals surface area contributed by atoms with Gasteiger partial charge in [-0.05, 0) is 29.8 Å². The summed E-state index contributed by atoms with van der Waals surface area (Å²) in [5, 5.41) is 12.0. The minimum atomic E-state index is 0.670. The van der Waals surface area contributed by atoms with Crippen LogP contribution >= 0.6 is 27.3 Å². The molecule has 21 heavy (non-hydrogen) atoms. The van der Waals surface area contributed by atoms with E-state index in [-0.39, 0.29) is 0 Å². The SMILES string of the molecule is N#Cc1ccc(-c2csc(Cc3ccc(Br)cc3)n2)cc1. The van der Waals surface area contributed by atoms with Crippen LogP contribution in [0.4, 0.5) is 0 Å². The summed E-state index contributed by atoms with van der Waals surface area (Å²) in [6.45, 7) is 0. The Hall–Kier alpha value is -1.96. The average molecular weight is 355 g/mol. The van der Waals surface area contributed by atoms with Crippen LogP contribution in [0.15, 0.2) is 58.4 Å². The van der Waals surface area contributed by atoms with Crippen LogP contribution in [0.5, 0.6) is 0 Å². The van der Waals surface area contributed by atoms with E-state index in [1.165, 1.54) is 5.56 Å². The molecule has 0 atom stereocenters. The first-order valence-corrected chi connectivity index (χ1v) is 8.11. The lowest BCUT2D eigenvalue weighted by atomic mass is 10.1. The van der Waals surface area contributed by atoms with Gasteiger partial charge >= 0.3 is 0 Å². The molecular weight excluding hydrogens is 344 g/mol. The minimum absolute atomic E-state index is 0.670. The lowest BCUT2D eigenvalue weighted by molar-refractivity contribution is 1.14. The lowest BCUT2D eigenvalue weighted by Crippen LogP contribution is -1.87. The molecule has 1 aromatic heterocycles. The van der Waals surface area contributed by atoms with E-state index in [1.54, 1.807) is 11.3 Å². The maximum Gasteiger partial charge on any atom is 0.0991 e. The molecule has 0 aliphatic carbocycles. The molecule has 0 aliphatic heterocycles. The summed E-state index contributed by atoms with van der Waals surface area (Å²) in [4.78, 5) is 4.68. The third-order valence-corrected chi connectivity index (χ3v) is 4.51. The molecule has 4 heteroatoms. The number of nitrogens with zero attached hydrogens (tertiary/aromatic N) is 2. The number of hydrogen-bond acceptors (Lipinski definition) is 3. The van der Waals surface area contributed by atoms with Gasteiger partial charge in [0, 0.05) is 21.8 Å². The third-order valence-electron chi connectivity index (χ3n) is 3.13. The van der Waals surface area contributed by atoms with Crippen molar-refractivity contribution in [1.82, 2.24) is 4.98 Å². The highest BCUT2D eigenvalue weighted by Crippen LogP contribution is 2.24. The number of aromatic nitrogens is 1. The first-order valence-electron chi connectivity index (χ1n) is 6.44. The molecule has 0 bridgehead atoms. The molecule has 3 aromatic rings. The van der Waals surface area contributed by atoms with Gasteiger partial charge in [-0.2, -0.15) is 5.26 Å². The smallest absolute Gasteiger partial charge is 0.0991 e. The predicted molar refractivity (Wildman–Crippen MR) is 89.2 cm³/mol. The van der Waals surface area contributed by atoms with Crippen LogP contribution < -0.4 is 0 Å². The molecule has 1 heterocycles. The van der Waals surface area contributed by atoms with Crippen LogP contribution in [-0.4, -0.2) is 4.98 Å². The van der Waals surface area contributed by atoms with Crippen molar-refractivity contribution >= 4 is 27.3 Å². The van der Waals surface area contributed by atoms with Crippen molar-refractivity contribution in [3.8, 4) is 17.3 Å². The zero-order valence-electron chi connectivity index (χ0n) is 11.1. The molecule has 3 rings (SSSR count). The highest BCUT2D eigenvalue weighted by molar-refractivity contribution is 9.10. The molecule has 0 spiro atoms. The molecule has 0 aliphatic rings. The fraction of sp³-hybridized carbons (Fsp3) is 0.0588. The molecule has 0 saturated carbocycles. The molecule has 0 fully saturated rings. The second-order valence-electron chi connectivity index (χ2n) is 4.62. The van der Waals surface area contributed by atoms with E-state index in [4.69, 9.17) is 5.26 Å². The molecule has 0 unspecified atom stereocenters. The standard InChI is InChI=1S/C17H11BrN2S/c18-15-7-3-12(4-8-15)9-17-20-16(11-21-17)14-5-1-13(10-19)2-6-14/h1-8,11H,9H2. The van der Waals surface area contributed by atoms with Gasteiger partial charge in [0.05, 0.1) is 22.3 Å². The summed E-state index contributed by atoms with van der Waals surface area (Å²) >= 11 is 5.11. The van der Waals surface area contributed by atoms with Crippen LogP contribution in [0.25, 0.3) is 11.3 Å². The van der Waals surface area contributed by atoms with E-state index >= 15 is 0 Å². The van der Waals surface area contributed by atoms with Crippen LogP contribution in [0.1, 0.15) is 16.1 Å². The average Bonchev–Trinajstić information content (AvgIpc) is 2.98. The van der Waals surface area contributed by atoms with Crippen molar-refractivity contribution < 1.29 is 0 Å². The number of hydrogen-bond donors (Lipinski definition) is 0. The second-order valence-corrected chi connectivity index (χ2v) is 6.48. The summed E-state index contributed by atoms with van der Waals surface area (Å²) < 4.78 is 1.09. The fourth-order valence-electron chi connectivity index (χ4n) is 2.02. The highest BCUT2D eigenvalue weighted by atomic mass is 79.9. The van der Waals surface area contributed by atoms with E-state index in [2.05, 4.69) is 44.5 Å². The Balaban J connectivity index is 1.79. The van der Waals surface area contributed by atoms with E-state index in [9.17, 15) is 0 Å². The lowest BCUT2D eigenvalue weighted by Gasteiger charge is -1.98. The number of nitriles is 1. The molecule has 2 nitrogen and oxygen atoms in total. The molecule has 0 saturated heterocycles. The topological polar surface area (TPSA) is 36.7 Å². The Morgan fingerprint density at radius 1 is 1.05 bits per heavy atom. The molecule has 0 radical (unpaired) electrons. The number of benzene rings is 2. The second kappa shape index (κ2) is 6.21. The van der Waals surface area contributed by atoms with Gasteiger partial charge < -0.3 is 0 Å². The maximum atomic E-state index is 8.82. The Morgan fingerprint density at radius 2 is 1.76 bits per heavy atom. The number of halogens is 1. The number of thiazole rings is 1.